The lowest BCUT2D eigenvalue weighted by molar-refractivity contribution is -0.123. The summed E-state index contributed by atoms with van der Waals surface area (Å²) in [6, 6.07) is 7.19. The van der Waals surface area contributed by atoms with Crippen molar-refractivity contribution in [3.8, 4) is 0 Å². The van der Waals surface area contributed by atoms with Crippen molar-refractivity contribution in [3.05, 3.63) is 54.1 Å². The molecule has 0 aliphatic carbocycles. The summed E-state index contributed by atoms with van der Waals surface area (Å²) in [6.45, 7) is 2.88. The molecule has 2 aliphatic heterocycles. The number of pyridine rings is 2. The van der Waals surface area contributed by atoms with E-state index < -0.39 is 0 Å². The molecule has 2 aliphatic rings. The average Bonchev–Trinajstić information content (AvgIpc) is 3.17. The first-order chi connectivity index (χ1) is 13.1. The molecule has 0 bridgehead atoms. The minimum atomic E-state index is -0.327. The maximum absolute atomic E-state index is 13.1. The van der Waals surface area contributed by atoms with Crippen molar-refractivity contribution in [2.75, 3.05) is 18.5 Å². The minimum absolute atomic E-state index is 0.0150. The van der Waals surface area contributed by atoms with Crippen LogP contribution in [0.1, 0.15) is 28.9 Å². The van der Waals surface area contributed by atoms with Gasteiger partial charge in [0.25, 0.3) is 5.91 Å². The highest BCUT2D eigenvalue weighted by Crippen LogP contribution is 2.33. The highest BCUT2D eigenvalue weighted by molar-refractivity contribution is 5.96. The van der Waals surface area contributed by atoms with Crippen LogP contribution in [0.15, 0.2) is 42.9 Å². The fraction of sp³-hybridized carbons (Fsp3) is 0.400. The summed E-state index contributed by atoms with van der Waals surface area (Å²) in [4.78, 5) is 35.9. The number of carbonyl (C=O) groups is 2. The van der Waals surface area contributed by atoms with E-state index in [2.05, 4.69) is 15.3 Å². The van der Waals surface area contributed by atoms with Crippen LogP contribution in [0.2, 0.25) is 0 Å². The summed E-state index contributed by atoms with van der Waals surface area (Å²) in [5.74, 6) is -0.537. The van der Waals surface area contributed by atoms with Crippen LogP contribution in [0.25, 0.3) is 0 Å². The molecule has 4 rings (SSSR count). The van der Waals surface area contributed by atoms with Gasteiger partial charge in [-0.05, 0) is 44.0 Å². The van der Waals surface area contributed by atoms with E-state index in [9.17, 15) is 9.59 Å². The molecule has 0 spiro atoms. The van der Waals surface area contributed by atoms with Crippen LogP contribution in [0.4, 0.5) is 5.69 Å². The second kappa shape index (κ2) is 7.44. The number of likely N-dealkylation sites (tertiary alicyclic amines) is 1. The SMILES string of the molecule is Cc1ccc(C(=O)N2C[C@@H](C(=O)Nc3cccnc3)C[C@H]3OCC[C@H]32)cn1. The van der Waals surface area contributed by atoms with E-state index in [1.807, 2.05) is 13.0 Å². The Balaban J connectivity index is 1.53. The second-order valence-corrected chi connectivity index (χ2v) is 7.07. The lowest BCUT2D eigenvalue weighted by atomic mass is 9.89. The van der Waals surface area contributed by atoms with Crippen molar-refractivity contribution in [1.82, 2.24) is 14.9 Å². The number of aromatic nitrogens is 2. The van der Waals surface area contributed by atoms with Gasteiger partial charge in [0.15, 0.2) is 0 Å². The number of carbonyl (C=O) groups excluding carboxylic acids is 2. The molecule has 0 saturated carbocycles. The van der Waals surface area contributed by atoms with E-state index in [-0.39, 0.29) is 29.9 Å². The van der Waals surface area contributed by atoms with Crippen molar-refractivity contribution in [1.29, 1.82) is 0 Å². The van der Waals surface area contributed by atoms with E-state index in [1.165, 1.54) is 0 Å². The number of nitrogens with zero attached hydrogens (tertiary/aromatic N) is 3. The number of rotatable bonds is 3. The molecule has 2 aromatic heterocycles. The number of nitrogens with one attached hydrogen (secondary N) is 1. The predicted octanol–water partition coefficient (Wildman–Crippen LogP) is 2.04. The highest BCUT2D eigenvalue weighted by atomic mass is 16.5. The van der Waals surface area contributed by atoms with E-state index in [0.29, 0.717) is 30.8 Å². The molecule has 0 radical (unpaired) electrons. The molecule has 7 nitrogen and oxygen atoms in total. The predicted molar refractivity (Wildman–Crippen MR) is 99.1 cm³/mol. The Bertz CT molecular complexity index is 825. The smallest absolute Gasteiger partial charge is 0.255 e. The number of hydrogen-bond acceptors (Lipinski definition) is 5. The first-order valence-electron chi connectivity index (χ1n) is 9.18. The quantitative estimate of drug-likeness (QED) is 0.899. The van der Waals surface area contributed by atoms with E-state index in [4.69, 9.17) is 4.74 Å². The van der Waals surface area contributed by atoms with Gasteiger partial charge in [0.2, 0.25) is 5.91 Å². The van der Waals surface area contributed by atoms with E-state index >= 15 is 0 Å². The summed E-state index contributed by atoms with van der Waals surface area (Å²) in [5.41, 5.74) is 2.05. The fourth-order valence-electron chi connectivity index (χ4n) is 3.81. The van der Waals surface area contributed by atoms with Gasteiger partial charge in [-0.25, -0.2) is 0 Å². The molecule has 1 N–H and O–H groups in total. The van der Waals surface area contributed by atoms with Crippen molar-refractivity contribution in [3.63, 3.8) is 0 Å². The number of fused-ring (bicyclic) bond motifs is 1. The molecule has 0 unspecified atom stereocenters. The van der Waals surface area contributed by atoms with Crippen molar-refractivity contribution in [2.45, 2.75) is 31.9 Å². The monoisotopic (exact) mass is 366 g/mol. The van der Waals surface area contributed by atoms with Crippen LogP contribution in [0.5, 0.6) is 0 Å². The van der Waals surface area contributed by atoms with Crippen LogP contribution >= 0.6 is 0 Å². The molecule has 4 heterocycles. The van der Waals surface area contributed by atoms with Crippen LogP contribution in [0, 0.1) is 12.8 Å². The Morgan fingerprint density at radius 2 is 2.15 bits per heavy atom. The highest BCUT2D eigenvalue weighted by Gasteiger charge is 2.44. The largest absolute Gasteiger partial charge is 0.376 e. The topological polar surface area (TPSA) is 84.4 Å². The van der Waals surface area contributed by atoms with Crippen LogP contribution in [-0.2, 0) is 9.53 Å². The lowest BCUT2D eigenvalue weighted by Crippen LogP contribution is -2.54. The maximum atomic E-state index is 13.1. The van der Waals surface area contributed by atoms with Gasteiger partial charge in [-0.15, -0.1) is 0 Å². The van der Waals surface area contributed by atoms with Crippen molar-refractivity contribution >= 4 is 17.5 Å². The fourth-order valence-corrected chi connectivity index (χ4v) is 3.81. The van der Waals surface area contributed by atoms with E-state index in [0.717, 1.165) is 12.1 Å². The first-order valence-corrected chi connectivity index (χ1v) is 9.18. The Kier molecular flexibility index (Phi) is 4.85. The molecule has 0 aromatic carbocycles. The van der Waals surface area contributed by atoms with E-state index in [1.54, 1.807) is 41.7 Å². The van der Waals surface area contributed by atoms with Crippen LogP contribution in [-0.4, -0.2) is 52.0 Å². The molecular formula is C20H22N4O3. The van der Waals surface area contributed by atoms with Gasteiger partial charge < -0.3 is 15.0 Å². The third-order valence-corrected chi connectivity index (χ3v) is 5.23. The number of piperidine rings is 1. The third kappa shape index (κ3) is 3.68. The van der Waals surface area contributed by atoms with Crippen molar-refractivity contribution in [2.24, 2.45) is 5.92 Å². The molecule has 27 heavy (non-hydrogen) atoms. The number of ether oxygens (including phenoxy) is 1. The second-order valence-electron chi connectivity index (χ2n) is 7.07. The first kappa shape index (κ1) is 17.6. The number of hydrogen-bond donors (Lipinski definition) is 1. The normalized spacial score (nSPS) is 24.3. The van der Waals surface area contributed by atoms with Gasteiger partial charge in [-0.2, -0.15) is 0 Å². The standard InChI is InChI=1S/C20H22N4O3/c1-13-4-5-14(10-22-13)20(26)24-12-15(9-18-17(24)6-8-27-18)19(25)23-16-3-2-7-21-11-16/h2-5,7,10-11,15,17-18H,6,8-9,12H2,1H3,(H,23,25)/t15-,17+,18+/m0/s1. The third-order valence-electron chi connectivity index (χ3n) is 5.23. The van der Waals surface area contributed by atoms with Gasteiger partial charge in [0, 0.05) is 31.2 Å². The van der Waals surface area contributed by atoms with Gasteiger partial charge >= 0.3 is 0 Å². The molecule has 2 saturated heterocycles. The molecular weight excluding hydrogens is 344 g/mol. The summed E-state index contributed by atoms with van der Waals surface area (Å²) in [7, 11) is 0. The van der Waals surface area contributed by atoms with Gasteiger partial charge in [-0.1, -0.05) is 0 Å². The van der Waals surface area contributed by atoms with Gasteiger partial charge in [-0.3, -0.25) is 19.6 Å². The van der Waals surface area contributed by atoms with Crippen molar-refractivity contribution < 1.29 is 14.3 Å². The zero-order valence-corrected chi connectivity index (χ0v) is 15.2. The zero-order valence-electron chi connectivity index (χ0n) is 15.2. The summed E-state index contributed by atoms with van der Waals surface area (Å²) in [6.07, 6.45) is 6.17. The Morgan fingerprint density at radius 1 is 1.26 bits per heavy atom. The average molecular weight is 366 g/mol. The van der Waals surface area contributed by atoms with Gasteiger partial charge in [0.05, 0.1) is 35.5 Å². The zero-order chi connectivity index (χ0) is 18.8. The van der Waals surface area contributed by atoms with Gasteiger partial charge in [0.1, 0.15) is 0 Å². The number of amides is 2. The molecule has 2 fully saturated rings. The number of anilines is 1. The summed E-state index contributed by atoms with van der Waals surface area (Å²) in [5, 5.41) is 2.89. The number of aryl methyl sites for hydroxylation is 1. The summed E-state index contributed by atoms with van der Waals surface area (Å²) >= 11 is 0. The lowest BCUT2D eigenvalue weighted by Gasteiger charge is -2.40. The molecule has 3 atom stereocenters. The Labute approximate surface area is 157 Å². The molecule has 140 valence electrons. The molecule has 7 heteroatoms. The molecule has 2 aromatic rings. The maximum Gasteiger partial charge on any atom is 0.255 e. The van der Waals surface area contributed by atoms with Crippen LogP contribution < -0.4 is 5.32 Å². The molecule has 2 amide bonds. The Morgan fingerprint density at radius 3 is 2.89 bits per heavy atom. The summed E-state index contributed by atoms with van der Waals surface area (Å²) < 4.78 is 5.82. The Hall–Kier alpha value is -2.80. The minimum Gasteiger partial charge on any atom is -0.376 e. The van der Waals surface area contributed by atoms with Crippen LogP contribution in [0.3, 0.4) is 0 Å².